The van der Waals surface area contributed by atoms with Crippen molar-refractivity contribution in [2.45, 2.75) is 13.3 Å². The topological polar surface area (TPSA) is 64.3 Å². The van der Waals surface area contributed by atoms with Crippen molar-refractivity contribution in [3.05, 3.63) is 53.1 Å². The Labute approximate surface area is 128 Å². The Bertz CT molecular complexity index is 627. The SMILES string of the molecule is Cc1ccc(OCCC(=O)Nc2ccc(Cl)c(N)c2)cc1. The molecule has 0 aliphatic heterocycles. The maximum atomic E-state index is 11.8. The summed E-state index contributed by atoms with van der Waals surface area (Å²) < 4.78 is 5.51. The van der Waals surface area contributed by atoms with E-state index in [9.17, 15) is 4.79 Å². The fraction of sp³-hybridized carbons (Fsp3) is 0.188. The van der Waals surface area contributed by atoms with Crippen LogP contribution < -0.4 is 15.8 Å². The highest BCUT2D eigenvalue weighted by Crippen LogP contribution is 2.22. The van der Waals surface area contributed by atoms with Crippen molar-refractivity contribution in [1.29, 1.82) is 0 Å². The van der Waals surface area contributed by atoms with Crippen LogP contribution in [0.25, 0.3) is 0 Å². The highest BCUT2D eigenvalue weighted by Gasteiger charge is 2.04. The summed E-state index contributed by atoms with van der Waals surface area (Å²) in [6.07, 6.45) is 0.260. The molecule has 0 spiro atoms. The number of ether oxygens (including phenoxy) is 1. The summed E-state index contributed by atoms with van der Waals surface area (Å²) in [6.45, 7) is 2.33. The van der Waals surface area contributed by atoms with Gasteiger partial charge in [-0.05, 0) is 37.3 Å². The molecule has 0 saturated carbocycles. The summed E-state index contributed by atoms with van der Waals surface area (Å²) in [5.74, 6) is 0.618. The fourth-order valence-corrected chi connectivity index (χ4v) is 1.86. The molecule has 0 unspecified atom stereocenters. The highest BCUT2D eigenvalue weighted by molar-refractivity contribution is 6.33. The monoisotopic (exact) mass is 304 g/mol. The van der Waals surface area contributed by atoms with Gasteiger partial charge in [-0.1, -0.05) is 29.3 Å². The number of benzene rings is 2. The Balaban J connectivity index is 1.79. The first-order chi connectivity index (χ1) is 10.0. The number of carbonyl (C=O) groups excluding carboxylic acids is 1. The number of nitrogens with two attached hydrogens (primary N) is 1. The third-order valence-corrected chi connectivity index (χ3v) is 3.24. The fourth-order valence-electron chi connectivity index (χ4n) is 1.74. The van der Waals surface area contributed by atoms with Gasteiger partial charge in [-0.15, -0.1) is 0 Å². The lowest BCUT2D eigenvalue weighted by Crippen LogP contribution is -2.15. The van der Waals surface area contributed by atoms with Crippen LogP contribution in [0, 0.1) is 6.92 Å². The van der Waals surface area contributed by atoms with E-state index in [0.29, 0.717) is 23.0 Å². The van der Waals surface area contributed by atoms with E-state index >= 15 is 0 Å². The van der Waals surface area contributed by atoms with Crippen LogP contribution in [0.15, 0.2) is 42.5 Å². The number of halogens is 1. The van der Waals surface area contributed by atoms with Crippen molar-refractivity contribution in [1.82, 2.24) is 0 Å². The average molecular weight is 305 g/mol. The van der Waals surface area contributed by atoms with Crippen molar-refractivity contribution < 1.29 is 9.53 Å². The molecule has 3 N–H and O–H groups in total. The smallest absolute Gasteiger partial charge is 0.227 e. The number of rotatable bonds is 5. The third kappa shape index (κ3) is 4.68. The Morgan fingerprint density at radius 3 is 2.62 bits per heavy atom. The third-order valence-electron chi connectivity index (χ3n) is 2.90. The number of nitrogen functional groups attached to an aromatic ring is 1. The Morgan fingerprint density at radius 2 is 1.95 bits per heavy atom. The highest BCUT2D eigenvalue weighted by atomic mass is 35.5. The minimum Gasteiger partial charge on any atom is -0.493 e. The summed E-state index contributed by atoms with van der Waals surface area (Å²) in [4.78, 5) is 11.8. The first-order valence-corrected chi connectivity index (χ1v) is 6.97. The lowest BCUT2D eigenvalue weighted by Gasteiger charge is -2.08. The van der Waals surface area contributed by atoms with Crippen molar-refractivity contribution in [3.8, 4) is 5.75 Å². The number of carbonyl (C=O) groups is 1. The van der Waals surface area contributed by atoms with Gasteiger partial charge in [-0.3, -0.25) is 4.79 Å². The zero-order valence-electron chi connectivity index (χ0n) is 11.7. The number of hydrogen-bond acceptors (Lipinski definition) is 3. The molecule has 0 aliphatic rings. The average Bonchev–Trinajstić information content (AvgIpc) is 2.45. The second-order valence-corrected chi connectivity index (χ2v) is 5.10. The Kier molecular flexibility index (Phi) is 5.06. The molecule has 0 radical (unpaired) electrons. The second kappa shape index (κ2) is 6.99. The van der Waals surface area contributed by atoms with Gasteiger partial charge in [0.15, 0.2) is 0 Å². The van der Waals surface area contributed by atoms with Crippen LogP contribution in [-0.2, 0) is 4.79 Å². The molecule has 110 valence electrons. The van der Waals surface area contributed by atoms with Gasteiger partial charge >= 0.3 is 0 Å². The van der Waals surface area contributed by atoms with E-state index in [4.69, 9.17) is 22.1 Å². The predicted molar refractivity (Wildman–Crippen MR) is 85.8 cm³/mol. The number of amides is 1. The van der Waals surface area contributed by atoms with Gasteiger partial charge in [0.1, 0.15) is 5.75 Å². The largest absolute Gasteiger partial charge is 0.493 e. The van der Waals surface area contributed by atoms with E-state index in [1.807, 2.05) is 31.2 Å². The maximum absolute atomic E-state index is 11.8. The Hall–Kier alpha value is -2.20. The van der Waals surface area contributed by atoms with Gasteiger partial charge in [0.2, 0.25) is 5.91 Å². The van der Waals surface area contributed by atoms with Gasteiger partial charge in [0.05, 0.1) is 23.7 Å². The minimum atomic E-state index is -0.135. The molecular weight excluding hydrogens is 288 g/mol. The number of anilines is 2. The summed E-state index contributed by atoms with van der Waals surface area (Å²) in [6, 6.07) is 12.7. The zero-order chi connectivity index (χ0) is 15.2. The summed E-state index contributed by atoms with van der Waals surface area (Å²) >= 11 is 5.82. The molecule has 2 rings (SSSR count). The molecule has 0 heterocycles. The molecule has 21 heavy (non-hydrogen) atoms. The summed E-state index contributed by atoms with van der Waals surface area (Å²) in [5.41, 5.74) is 7.90. The predicted octanol–water partition coefficient (Wildman–Crippen LogP) is 3.64. The van der Waals surface area contributed by atoms with Crippen LogP contribution >= 0.6 is 11.6 Å². The minimum absolute atomic E-state index is 0.135. The lowest BCUT2D eigenvalue weighted by atomic mass is 10.2. The molecule has 0 aliphatic carbocycles. The second-order valence-electron chi connectivity index (χ2n) is 4.70. The maximum Gasteiger partial charge on any atom is 0.227 e. The van der Waals surface area contributed by atoms with Crippen LogP contribution in [0.2, 0.25) is 5.02 Å². The van der Waals surface area contributed by atoms with Gasteiger partial charge in [-0.2, -0.15) is 0 Å². The number of nitrogens with one attached hydrogen (secondary N) is 1. The number of aryl methyl sites for hydroxylation is 1. The van der Waals surface area contributed by atoms with Crippen LogP contribution in [0.1, 0.15) is 12.0 Å². The van der Waals surface area contributed by atoms with E-state index in [2.05, 4.69) is 5.32 Å². The molecule has 0 aromatic heterocycles. The molecule has 0 saturated heterocycles. The molecule has 1 amide bonds. The van der Waals surface area contributed by atoms with Crippen molar-refractivity contribution in [2.24, 2.45) is 0 Å². The van der Waals surface area contributed by atoms with E-state index in [-0.39, 0.29) is 12.3 Å². The normalized spacial score (nSPS) is 10.2. The molecule has 5 heteroatoms. The van der Waals surface area contributed by atoms with Crippen molar-refractivity contribution >= 4 is 28.9 Å². The van der Waals surface area contributed by atoms with Gasteiger partial charge in [-0.25, -0.2) is 0 Å². The quantitative estimate of drug-likeness (QED) is 0.829. The number of hydrogen-bond donors (Lipinski definition) is 2. The van der Waals surface area contributed by atoms with Crippen LogP contribution in [0.3, 0.4) is 0 Å². The first kappa shape index (κ1) is 15.2. The standard InChI is InChI=1S/C16H17ClN2O2/c1-11-2-5-13(6-3-11)21-9-8-16(20)19-12-4-7-14(17)15(18)10-12/h2-7,10H,8-9,18H2,1H3,(H,19,20). The van der Waals surface area contributed by atoms with Crippen molar-refractivity contribution in [3.63, 3.8) is 0 Å². The van der Waals surface area contributed by atoms with E-state index in [0.717, 1.165) is 5.75 Å². The zero-order valence-corrected chi connectivity index (χ0v) is 12.5. The van der Waals surface area contributed by atoms with Crippen LogP contribution in [0.4, 0.5) is 11.4 Å². The van der Waals surface area contributed by atoms with Crippen LogP contribution in [-0.4, -0.2) is 12.5 Å². The first-order valence-electron chi connectivity index (χ1n) is 6.59. The van der Waals surface area contributed by atoms with Gasteiger partial charge in [0.25, 0.3) is 0 Å². The molecule has 2 aromatic carbocycles. The molecular formula is C16H17ClN2O2. The molecule has 2 aromatic rings. The van der Waals surface area contributed by atoms with E-state index < -0.39 is 0 Å². The molecule has 0 atom stereocenters. The summed E-state index contributed by atoms with van der Waals surface area (Å²) in [7, 11) is 0. The van der Waals surface area contributed by atoms with Gasteiger partial charge in [0, 0.05) is 5.69 Å². The molecule has 4 nitrogen and oxygen atoms in total. The molecule has 0 fully saturated rings. The van der Waals surface area contributed by atoms with Gasteiger partial charge < -0.3 is 15.8 Å². The Morgan fingerprint density at radius 1 is 1.24 bits per heavy atom. The lowest BCUT2D eigenvalue weighted by molar-refractivity contribution is -0.116. The molecule has 0 bridgehead atoms. The summed E-state index contributed by atoms with van der Waals surface area (Å²) in [5, 5.41) is 3.22. The van der Waals surface area contributed by atoms with E-state index in [1.54, 1.807) is 18.2 Å². The van der Waals surface area contributed by atoms with Crippen LogP contribution in [0.5, 0.6) is 5.75 Å². The van der Waals surface area contributed by atoms with Crippen molar-refractivity contribution in [2.75, 3.05) is 17.7 Å². The van der Waals surface area contributed by atoms with E-state index in [1.165, 1.54) is 5.56 Å².